The van der Waals surface area contributed by atoms with Gasteiger partial charge in [0.25, 0.3) is 0 Å². The minimum Gasteiger partial charge on any atom is -0.444 e. The highest BCUT2D eigenvalue weighted by Gasteiger charge is 2.18. The van der Waals surface area contributed by atoms with Crippen molar-refractivity contribution in [2.24, 2.45) is 0 Å². The maximum Gasteiger partial charge on any atom is 0.208 e. The molecule has 5 heteroatoms. The molecule has 0 bridgehead atoms. The lowest BCUT2D eigenvalue weighted by atomic mass is 10.1. The minimum atomic E-state index is 0.673. The quantitative estimate of drug-likeness (QED) is 0.491. The molecule has 0 atom stereocenters. The normalized spacial score (nSPS) is 14.8. The van der Waals surface area contributed by atoms with E-state index in [0.717, 1.165) is 75.0 Å². The van der Waals surface area contributed by atoms with Crippen LogP contribution in [0.2, 0.25) is 0 Å². The van der Waals surface area contributed by atoms with Gasteiger partial charge in [-0.2, -0.15) is 0 Å². The molecule has 0 aliphatic carbocycles. The topological polar surface area (TPSA) is 44.5 Å². The third-order valence-electron chi connectivity index (χ3n) is 6.37. The fourth-order valence-corrected chi connectivity index (χ4v) is 4.28. The van der Waals surface area contributed by atoms with Crippen LogP contribution in [0.1, 0.15) is 36.1 Å². The lowest BCUT2D eigenvalue weighted by molar-refractivity contribution is 0.256. The monoisotopic (exact) mass is 432 g/mol. The summed E-state index contributed by atoms with van der Waals surface area (Å²) < 4.78 is 6.09. The molecule has 1 saturated heterocycles. The van der Waals surface area contributed by atoms with Gasteiger partial charge in [0.15, 0.2) is 0 Å². The number of anilines is 1. The Morgan fingerprint density at radius 2 is 1.75 bits per heavy atom. The summed E-state index contributed by atoms with van der Waals surface area (Å²) in [6.07, 6.45) is 1.97. The van der Waals surface area contributed by atoms with Gasteiger partial charge in [-0.1, -0.05) is 43.3 Å². The number of rotatable bonds is 9. The lowest BCUT2D eigenvalue weighted by Crippen LogP contribution is -2.48. The predicted molar refractivity (Wildman–Crippen MR) is 132 cm³/mol. The highest BCUT2D eigenvalue weighted by atomic mass is 16.4. The molecule has 2 aromatic carbocycles. The number of aryl methyl sites for hydroxylation is 3. The van der Waals surface area contributed by atoms with E-state index in [0.29, 0.717) is 6.54 Å². The summed E-state index contributed by atoms with van der Waals surface area (Å²) >= 11 is 0. The molecule has 1 aromatic heterocycles. The summed E-state index contributed by atoms with van der Waals surface area (Å²) in [7, 11) is 0. The van der Waals surface area contributed by atoms with Crippen molar-refractivity contribution in [3.8, 4) is 11.3 Å². The molecule has 5 nitrogen and oxygen atoms in total. The van der Waals surface area contributed by atoms with E-state index in [4.69, 9.17) is 9.40 Å². The van der Waals surface area contributed by atoms with Crippen molar-refractivity contribution in [2.45, 2.75) is 40.2 Å². The zero-order valence-electron chi connectivity index (χ0n) is 19.7. The first-order valence-corrected chi connectivity index (χ1v) is 11.9. The third kappa shape index (κ3) is 5.59. The number of benzene rings is 2. The van der Waals surface area contributed by atoms with Crippen molar-refractivity contribution in [1.29, 1.82) is 0 Å². The summed E-state index contributed by atoms with van der Waals surface area (Å²) in [4.78, 5) is 9.83. The third-order valence-corrected chi connectivity index (χ3v) is 6.37. The molecule has 0 unspecified atom stereocenters. The molecule has 1 fully saturated rings. The number of piperazine rings is 1. The average Bonchev–Trinajstić information content (AvgIpc) is 3.22. The fourth-order valence-electron chi connectivity index (χ4n) is 4.28. The van der Waals surface area contributed by atoms with Crippen molar-refractivity contribution in [3.63, 3.8) is 0 Å². The number of nitrogens with zero attached hydrogens (tertiary/aromatic N) is 3. The number of nitrogens with one attached hydrogen (secondary N) is 1. The van der Waals surface area contributed by atoms with Crippen molar-refractivity contribution in [3.05, 3.63) is 71.3 Å². The van der Waals surface area contributed by atoms with Crippen LogP contribution >= 0.6 is 0 Å². The first-order chi connectivity index (χ1) is 15.6. The summed E-state index contributed by atoms with van der Waals surface area (Å²) in [5.74, 6) is 1.78. The summed E-state index contributed by atoms with van der Waals surface area (Å²) in [6, 6.07) is 17.2. The molecule has 1 N–H and O–H groups in total. The Labute approximate surface area is 192 Å². The van der Waals surface area contributed by atoms with E-state index >= 15 is 0 Å². The van der Waals surface area contributed by atoms with E-state index in [2.05, 4.69) is 78.4 Å². The smallest absolute Gasteiger partial charge is 0.208 e. The fraction of sp³-hybridized carbons (Fsp3) is 0.444. The minimum absolute atomic E-state index is 0.673. The second-order valence-corrected chi connectivity index (χ2v) is 8.77. The maximum atomic E-state index is 6.09. The first-order valence-electron chi connectivity index (χ1n) is 11.9. The maximum absolute atomic E-state index is 6.09. The van der Waals surface area contributed by atoms with E-state index in [1.54, 1.807) is 0 Å². The van der Waals surface area contributed by atoms with Gasteiger partial charge in [-0.05, 0) is 43.5 Å². The Bertz CT molecular complexity index is 990. The Kier molecular flexibility index (Phi) is 7.61. The van der Waals surface area contributed by atoms with Gasteiger partial charge < -0.3 is 14.6 Å². The summed E-state index contributed by atoms with van der Waals surface area (Å²) in [6.45, 7) is 13.6. The molecule has 0 radical (unpaired) electrons. The van der Waals surface area contributed by atoms with E-state index in [1.165, 1.54) is 16.8 Å². The van der Waals surface area contributed by atoms with Gasteiger partial charge in [-0.15, -0.1) is 0 Å². The van der Waals surface area contributed by atoms with Crippen LogP contribution in [0.4, 0.5) is 5.69 Å². The SMILES string of the molecule is CCCc1oc(CNCCN2CCN(c3ccc(C)c(C)c3)CC2)nc1-c1ccccc1. The van der Waals surface area contributed by atoms with Gasteiger partial charge in [0, 0.05) is 56.9 Å². The summed E-state index contributed by atoms with van der Waals surface area (Å²) in [5.41, 5.74) is 6.21. The van der Waals surface area contributed by atoms with Crippen LogP contribution in [0.3, 0.4) is 0 Å². The molecular formula is C27H36N4O. The molecular weight excluding hydrogens is 396 g/mol. The van der Waals surface area contributed by atoms with E-state index in [-0.39, 0.29) is 0 Å². The van der Waals surface area contributed by atoms with Crippen LogP contribution in [0.15, 0.2) is 52.9 Å². The van der Waals surface area contributed by atoms with Crippen LogP contribution in [0.5, 0.6) is 0 Å². The highest BCUT2D eigenvalue weighted by Crippen LogP contribution is 2.25. The first kappa shape index (κ1) is 22.6. The second-order valence-electron chi connectivity index (χ2n) is 8.77. The molecule has 2 heterocycles. The van der Waals surface area contributed by atoms with Crippen LogP contribution in [0.25, 0.3) is 11.3 Å². The van der Waals surface area contributed by atoms with Gasteiger partial charge in [0.2, 0.25) is 5.89 Å². The molecule has 0 amide bonds. The Balaban J connectivity index is 1.23. The van der Waals surface area contributed by atoms with Crippen molar-refractivity contribution >= 4 is 5.69 Å². The average molecular weight is 433 g/mol. The van der Waals surface area contributed by atoms with Crippen LogP contribution in [-0.2, 0) is 13.0 Å². The van der Waals surface area contributed by atoms with Gasteiger partial charge in [-0.25, -0.2) is 4.98 Å². The predicted octanol–water partition coefficient (Wildman–Crippen LogP) is 4.82. The molecule has 170 valence electrons. The standard InChI is InChI=1S/C27H36N4O/c1-4-8-25-27(23-9-6-5-7-10-23)29-26(32-25)20-28-13-14-30-15-17-31(18-16-30)24-12-11-21(2)22(3)19-24/h5-7,9-12,19,28H,4,8,13-18,20H2,1-3H3. The van der Waals surface area contributed by atoms with E-state index in [9.17, 15) is 0 Å². The zero-order chi connectivity index (χ0) is 22.3. The molecule has 32 heavy (non-hydrogen) atoms. The second kappa shape index (κ2) is 10.8. The molecule has 0 saturated carbocycles. The van der Waals surface area contributed by atoms with Crippen molar-refractivity contribution in [1.82, 2.24) is 15.2 Å². The highest BCUT2D eigenvalue weighted by molar-refractivity contribution is 5.61. The van der Waals surface area contributed by atoms with Crippen LogP contribution in [-0.4, -0.2) is 49.2 Å². The van der Waals surface area contributed by atoms with Crippen molar-refractivity contribution < 1.29 is 4.42 Å². The van der Waals surface area contributed by atoms with E-state index in [1.807, 2.05) is 6.07 Å². The van der Waals surface area contributed by atoms with Crippen LogP contribution in [0, 0.1) is 13.8 Å². The molecule has 3 aromatic rings. The van der Waals surface area contributed by atoms with Gasteiger partial charge in [-0.3, -0.25) is 4.90 Å². The van der Waals surface area contributed by atoms with Crippen molar-refractivity contribution in [2.75, 3.05) is 44.2 Å². The molecule has 4 rings (SSSR count). The largest absolute Gasteiger partial charge is 0.444 e. The number of hydrogen-bond donors (Lipinski definition) is 1. The number of oxazole rings is 1. The number of aromatic nitrogens is 1. The van der Waals surface area contributed by atoms with Gasteiger partial charge in [0.1, 0.15) is 11.5 Å². The lowest BCUT2D eigenvalue weighted by Gasteiger charge is -2.36. The van der Waals surface area contributed by atoms with Gasteiger partial charge in [0.05, 0.1) is 6.54 Å². The number of hydrogen-bond acceptors (Lipinski definition) is 5. The zero-order valence-corrected chi connectivity index (χ0v) is 19.7. The Hall–Kier alpha value is -2.63. The Morgan fingerprint density at radius 3 is 2.47 bits per heavy atom. The molecule has 1 aliphatic rings. The molecule has 1 aliphatic heterocycles. The molecule has 0 spiro atoms. The Morgan fingerprint density at radius 1 is 0.969 bits per heavy atom. The van der Waals surface area contributed by atoms with Gasteiger partial charge >= 0.3 is 0 Å². The van der Waals surface area contributed by atoms with Crippen LogP contribution < -0.4 is 10.2 Å². The summed E-state index contributed by atoms with van der Waals surface area (Å²) in [5, 5.41) is 3.53. The van der Waals surface area contributed by atoms with E-state index < -0.39 is 0 Å².